The topological polar surface area (TPSA) is 80.7 Å². The molecule has 2 heterocycles. The molecular formula is C27H28BrFN2O4S. The van der Waals surface area contributed by atoms with E-state index >= 15 is 0 Å². The summed E-state index contributed by atoms with van der Waals surface area (Å²) < 4.78 is 25.1. The van der Waals surface area contributed by atoms with E-state index in [1.165, 1.54) is 32.1 Å². The van der Waals surface area contributed by atoms with Gasteiger partial charge < -0.3 is 19.9 Å². The maximum atomic E-state index is 13.9. The van der Waals surface area contributed by atoms with E-state index in [1.54, 1.807) is 30.4 Å². The van der Waals surface area contributed by atoms with Gasteiger partial charge in [-0.3, -0.25) is 4.79 Å². The highest BCUT2D eigenvalue weighted by atomic mass is 79.9. The predicted octanol–water partition coefficient (Wildman–Crippen LogP) is 5.90. The molecule has 0 spiro atoms. The molecule has 1 atom stereocenters. The van der Waals surface area contributed by atoms with Gasteiger partial charge in [-0.25, -0.2) is 9.37 Å². The summed E-state index contributed by atoms with van der Waals surface area (Å²) >= 11 is 4.86. The van der Waals surface area contributed by atoms with Crippen LogP contribution in [0.2, 0.25) is 0 Å². The molecule has 0 saturated carbocycles. The Kier molecular flexibility index (Phi) is 9.92. The van der Waals surface area contributed by atoms with Crippen LogP contribution in [0, 0.1) is 0 Å². The van der Waals surface area contributed by atoms with Gasteiger partial charge in [-0.15, -0.1) is 11.8 Å². The first-order valence-electron chi connectivity index (χ1n) is 11.2. The number of methoxy groups -OCH3 is 2. The first kappa shape index (κ1) is 27.7. The van der Waals surface area contributed by atoms with Crippen molar-refractivity contribution in [3.05, 3.63) is 92.9 Å². The number of pyridine rings is 1. The van der Waals surface area contributed by atoms with Crippen LogP contribution < -0.4 is 14.8 Å². The molecule has 9 heteroatoms. The third-order valence-corrected chi connectivity index (χ3v) is 7.40. The van der Waals surface area contributed by atoms with Crippen LogP contribution in [0.15, 0.2) is 70.4 Å². The van der Waals surface area contributed by atoms with Gasteiger partial charge in [0, 0.05) is 17.7 Å². The lowest BCUT2D eigenvalue weighted by Crippen LogP contribution is -2.29. The number of carbonyl (C=O) groups is 1. The number of rotatable bonds is 8. The van der Waals surface area contributed by atoms with E-state index < -0.39 is 6.10 Å². The maximum absolute atomic E-state index is 13.9. The van der Waals surface area contributed by atoms with Crippen molar-refractivity contribution in [3.8, 4) is 11.5 Å². The highest BCUT2D eigenvalue weighted by molar-refractivity contribution is 9.14. The number of benzene rings is 1. The second kappa shape index (κ2) is 12.9. The summed E-state index contributed by atoms with van der Waals surface area (Å²) in [6.45, 7) is 6.08. The first-order valence-corrected chi connectivity index (χ1v) is 13.0. The molecule has 0 radical (unpaired) electrons. The van der Waals surface area contributed by atoms with Gasteiger partial charge >= 0.3 is 0 Å². The number of aromatic nitrogens is 1. The van der Waals surface area contributed by atoms with Gasteiger partial charge in [-0.1, -0.05) is 25.7 Å². The van der Waals surface area contributed by atoms with Crippen molar-refractivity contribution in [2.75, 3.05) is 26.5 Å². The first-order chi connectivity index (χ1) is 17.3. The van der Waals surface area contributed by atoms with E-state index in [1.807, 2.05) is 19.1 Å². The Hall–Kier alpha value is -2.88. The third-order valence-electron chi connectivity index (χ3n) is 5.44. The number of nitrogens with zero attached hydrogens (tertiary/aromatic N) is 1. The summed E-state index contributed by atoms with van der Waals surface area (Å²) in [5, 5.41) is 13.6. The summed E-state index contributed by atoms with van der Waals surface area (Å²) in [6, 6.07) is 8.58. The smallest absolute Gasteiger partial charge is 0.251 e. The molecule has 1 unspecified atom stereocenters. The standard InChI is InChI=1S/C27H28BrFN2O4S/c1-5-17-11-20(22(32)14-30-27(33)18-9-10-23(34-3)24(13-18)35-4)31-21(12-17)25-16(2)7-6-8-19(29)15-36-26(25)28/h6-13,22,32H,2,5,14-15H2,1,3-4H3,(H,30,33)/b7-6-,19-8+,26-25?. The second-order valence-electron chi connectivity index (χ2n) is 7.87. The van der Waals surface area contributed by atoms with Crippen LogP contribution in [0.5, 0.6) is 11.5 Å². The van der Waals surface area contributed by atoms with Crippen LogP contribution in [0.3, 0.4) is 0 Å². The highest BCUT2D eigenvalue weighted by Crippen LogP contribution is 2.38. The van der Waals surface area contributed by atoms with Crippen LogP contribution in [0.4, 0.5) is 4.39 Å². The normalized spacial score (nSPS) is 17.3. The minimum absolute atomic E-state index is 0.0439. The van der Waals surface area contributed by atoms with E-state index in [9.17, 15) is 14.3 Å². The maximum Gasteiger partial charge on any atom is 0.251 e. The molecule has 0 saturated heterocycles. The average molecular weight is 576 g/mol. The molecule has 1 aliphatic rings. The minimum atomic E-state index is -1.05. The molecule has 1 aliphatic heterocycles. The van der Waals surface area contributed by atoms with Crippen molar-refractivity contribution < 1.29 is 23.8 Å². The molecule has 190 valence electrons. The number of aryl methyl sites for hydroxylation is 1. The molecule has 0 fully saturated rings. The molecule has 6 nitrogen and oxygen atoms in total. The van der Waals surface area contributed by atoms with Crippen LogP contribution >= 0.6 is 27.7 Å². The fourth-order valence-corrected chi connectivity index (χ4v) is 5.03. The van der Waals surface area contributed by atoms with Crippen molar-refractivity contribution in [3.63, 3.8) is 0 Å². The monoisotopic (exact) mass is 574 g/mol. The Morgan fingerprint density at radius 1 is 1.28 bits per heavy atom. The molecule has 2 N–H and O–H groups in total. The molecular weight excluding hydrogens is 547 g/mol. The quantitative estimate of drug-likeness (QED) is 0.408. The summed E-state index contributed by atoms with van der Waals surface area (Å²) in [4.78, 5) is 17.4. The lowest BCUT2D eigenvalue weighted by atomic mass is 10.0. The van der Waals surface area contributed by atoms with Crippen molar-refractivity contribution >= 4 is 39.2 Å². The average Bonchev–Trinajstić information content (AvgIpc) is 2.95. The zero-order valence-electron chi connectivity index (χ0n) is 20.3. The third kappa shape index (κ3) is 6.87. The van der Waals surface area contributed by atoms with E-state index in [4.69, 9.17) is 9.47 Å². The fourth-order valence-electron chi connectivity index (χ4n) is 3.48. The summed E-state index contributed by atoms with van der Waals surface area (Å²) in [5.41, 5.74) is 3.72. The molecule has 3 rings (SSSR count). The number of halogens is 2. The van der Waals surface area contributed by atoms with Crippen LogP contribution in [0.1, 0.15) is 40.3 Å². The Balaban J connectivity index is 1.84. The zero-order chi connectivity index (χ0) is 26.2. The fraction of sp³-hybridized carbons (Fsp3) is 0.259. The molecule has 0 bridgehead atoms. The number of hydrogen-bond donors (Lipinski definition) is 2. The van der Waals surface area contributed by atoms with E-state index in [0.29, 0.717) is 44.3 Å². The lowest BCUT2D eigenvalue weighted by Gasteiger charge is -2.17. The van der Waals surface area contributed by atoms with Gasteiger partial charge in [0.2, 0.25) is 0 Å². The molecule has 2 aromatic rings. The number of ether oxygens (including phenoxy) is 2. The number of nitrogens with one attached hydrogen (secondary N) is 1. The van der Waals surface area contributed by atoms with Gasteiger partial charge in [0.25, 0.3) is 5.91 Å². The lowest BCUT2D eigenvalue weighted by molar-refractivity contribution is 0.0913. The van der Waals surface area contributed by atoms with E-state index in [0.717, 1.165) is 11.1 Å². The number of allylic oxidation sites excluding steroid dienone is 5. The van der Waals surface area contributed by atoms with Gasteiger partial charge in [0.05, 0.1) is 35.2 Å². The molecule has 36 heavy (non-hydrogen) atoms. The predicted molar refractivity (Wildman–Crippen MR) is 146 cm³/mol. The van der Waals surface area contributed by atoms with Crippen LogP contribution in [-0.2, 0) is 6.42 Å². The van der Waals surface area contributed by atoms with Crippen molar-refractivity contribution in [2.24, 2.45) is 0 Å². The van der Waals surface area contributed by atoms with E-state index in [-0.39, 0.29) is 24.0 Å². The molecule has 1 aromatic heterocycles. The number of thioether (sulfide) groups is 1. The van der Waals surface area contributed by atoms with Gasteiger partial charge in [0.15, 0.2) is 11.5 Å². The molecule has 1 amide bonds. The largest absolute Gasteiger partial charge is 0.493 e. The zero-order valence-corrected chi connectivity index (χ0v) is 22.7. The Bertz CT molecular complexity index is 1240. The summed E-state index contributed by atoms with van der Waals surface area (Å²) in [5.74, 6) is 0.503. The number of hydrogen-bond acceptors (Lipinski definition) is 6. The molecule has 1 aromatic carbocycles. The van der Waals surface area contributed by atoms with Crippen LogP contribution in [-0.4, -0.2) is 42.5 Å². The van der Waals surface area contributed by atoms with Gasteiger partial charge in [-0.05, 0) is 69.9 Å². The SMILES string of the molecule is C=C1/C=C\C=C(\F)CSC(Br)=C1c1cc(CC)cc(C(O)CNC(=O)c2ccc(OC)c(OC)c2)n1. The summed E-state index contributed by atoms with van der Waals surface area (Å²) in [7, 11) is 3.01. The van der Waals surface area contributed by atoms with E-state index in [2.05, 4.69) is 32.8 Å². The number of aliphatic hydroxyl groups is 1. The number of amides is 1. The second-order valence-corrected chi connectivity index (χ2v) is 10.2. The molecule has 0 aliphatic carbocycles. The summed E-state index contributed by atoms with van der Waals surface area (Å²) in [6.07, 6.45) is 4.41. The van der Waals surface area contributed by atoms with Gasteiger partial charge in [-0.2, -0.15) is 0 Å². The number of aliphatic hydroxyl groups excluding tert-OH is 1. The van der Waals surface area contributed by atoms with Crippen molar-refractivity contribution in [1.29, 1.82) is 0 Å². The Morgan fingerprint density at radius 2 is 2.03 bits per heavy atom. The Labute approximate surface area is 223 Å². The van der Waals surface area contributed by atoms with Gasteiger partial charge in [0.1, 0.15) is 11.9 Å². The van der Waals surface area contributed by atoms with Crippen molar-refractivity contribution in [2.45, 2.75) is 19.4 Å². The number of carbonyl (C=O) groups excluding carboxylic acids is 1. The highest BCUT2D eigenvalue weighted by Gasteiger charge is 2.19. The minimum Gasteiger partial charge on any atom is -0.493 e. The van der Waals surface area contributed by atoms with Crippen LogP contribution in [0.25, 0.3) is 5.57 Å². The van der Waals surface area contributed by atoms with Crippen molar-refractivity contribution in [1.82, 2.24) is 10.3 Å². The Morgan fingerprint density at radius 3 is 2.72 bits per heavy atom.